The molecule has 0 spiro atoms. The number of carbonyl (C=O) groups is 1. The van der Waals surface area contributed by atoms with Crippen LogP contribution in [0.3, 0.4) is 0 Å². The number of fused-ring (bicyclic) bond motifs is 3. The Labute approximate surface area is 137 Å². The zero-order valence-corrected chi connectivity index (χ0v) is 12.9. The van der Waals surface area contributed by atoms with Crippen molar-refractivity contribution in [2.75, 3.05) is 6.54 Å². The van der Waals surface area contributed by atoms with Gasteiger partial charge in [-0.1, -0.05) is 0 Å². The molecular weight excluding hydrogens is 304 g/mol. The molecule has 4 aromatic rings. The molecule has 2 aromatic heterocycles. The van der Waals surface area contributed by atoms with E-state index in [0.717, 1.165) is 34.0 Å². The minimum atomic E-state index is -0.459. The van der Waals surface area contributed by atoms with E-state index in [0.29, 0.717) is 23.6 Å². The number of aromatic amines is 1. The number of nitrogens with zero attached hydrogens (tertiary/aromatic N) is 1. The standard InChI is InChI=1S/C18H16N4O2/c19-8-7-12-9-21-13-5-6-14-16(15(12)13)22-18(24-14)11-3-1-10(2-4-11)17(20)23/h1-6,9,21H,7-8,19H2,(H2,20,23). The first-order valence-corrected chi connectivity index (χ1v) is 7.67. The monoisotopic (exact) mass is 320 g/mol. The Morgan fingerprint density at radius 3 is 2.67 bits per heavy atom. The maximum Gasteiger partial charge on any atom is 0.248 e. The molecule has 2 heterocycles. The van der Waals surface area contributed by atoms with Crippen LogP contribution >= 0.6 is 0 Å². The molecule has 0 aliphatic rings. The van der Waals surface area contributed by atoms with E-state index in [1.807, 2.05) is 18.3 Å². The first-order valence-electron chi connectivity index (χ1n) is 7.67. The number of oxazole rings is 1. The van der Waals surface area contributed by atoms with Gasteiger partial charge in [0.1, 0.15) is 5.52 Å². The van der Waals surface area contributed by atoms with Gasteiger partial charge in [-0.3, -0.25) is 4.79 Å². The zero-order chi connectivity index (χ0) is 16.7. The summed E-state index contributed by atoms with van der Waals surface area (Å²) in [6.45, 7) is 0.572. The number of hydrogen-bond acceptors (Lipinski definition) is 4. The molecule has 0 bridgehead atoms. The fraction of sp³-hybridized carbons (Fsp3) is 0.111. The quantitative estimate of drug-likeness (QED) is 0.536. The maximum absolute atomic E-state index is 11.2. The van der Waals surface area contributed by atoms with Crippen molar-refractivity contribution in [3.05, 3.63) is 53.7 Å². The van der Waals surface area contributed by atoms with E-state index in [9.17, 15) is 4.79 Å². The van der Waals surface area contributed by atoms with Gasteiger partial charge in [0, 0.05) is 28.2 Å². The summed E-state index contributed by atoms with van der Waals surface area (Å²) in [5.74, 6) is 0.0491. The Balaban J connectivity index is 1.87. The van der Waals surface area contributed by atoms with E-state index in [1.165, 1.54) is 0 Å². The Morgan fingerprint density at radius 2 is 1.96 bits per heavy atom. The number of rotatable bonds is 4. The summed E-state index contributed by atoms with van der Waals surface area (Å²) in [6.07, 6.45) is 2.74. The summed E-state index contributed by atoms with van der Waals surface area (Å²) in [6, 6.07) is 10.8. The second kappa shape index (κ2) is 5.50. The van der Waals surface area contributed by atoms with Gasteiger partial charge in [-0.05, 0) is 54.9 Å². The summed E-state index contributed by atoms with van der Waals surface area (Å²) >= 11 is 0. The lowest BCUT2D eigenvalue weighted by molar-refractivity contribution is 0.100. The van der Waals surface area contributed by atoms with Gasteiger partial charge in [-0.25, -0.2) is 4.98 Å². The summed E-state index contributed by atoms with van der Waals surface area (Å²) in [5.41, 5.74) is 15.9. The highest BCUT2D eigenvalue weighted by molar-refractivity contribution is 6.05. The van der Waals surface area contributed by atoms with Crippen molar-refractivity contribution >= 4 is 27.9 Å². The molecular formula is C18H16N4O2. The molecule has 5 N–H and O–H groups in total. The van der Waals surface area contributed by atoms with Gasteiger partial charge >= 0.3 is 0 Å². The van der Waals surface area contributed by atoms with Crippen LogP contribution in [-0.2, 0) is 6.42 Å². The topological polar surface area (TPSA) is 111 Å². The van der Waals surface area contributed by atoms with Gasteiger partial charge in [0.05, 0.1) is 0 Å². The van der Waals surface area contributed by atoms with Gasteiger partial charge < -0.3 is 20.9 Å². The van der Waals surface area contributed by atoms with Crippen LogP contribution in [0.1, 0.15) is 15.9 Å². The number of primary amides is 1. The molecule has 24 heavy (non-hydrogen) atoms. The lowest BCUT2D eigenvalue weighted by atomic mass is 10.1. The van der Waals surface area contributed by atoms with Crippen LogP contribution in [-0.4, -0.2) is 22.4 Å². The average molecular weight is 320 g/mol. The Morgan fingerprint density at radius 1 is 1.17 bits per heavy atom. The molecule has 6 nitrogen and oxygen atoms in total. The zero-order valence-electron chi connectivity index (χ0n) is 12.9. The molecule has 0 saturated carbocycles. The molecule has 0 radical (unpaired) electrons. The number of benzene rings is 2. The van der Waals surface area contributed by atoms with E-state index >= 15 is 0 Å². The minimum Gasteiger partial charge on any atom is -0.436 e. The SMILES string of the molecule is NCCc1c[nH]c2ccc3oc(-c4ccc(C(N)=O)cc4)nc3c12. The van der Waals surface area contributed by atoms with Crippen molar-refractivity contribution in [3.63, 3.8) is 0 Å². The number of carbonyl (C=O) groups excluding carboxylic acids is 1. The van der Waals surface area contributed by atoms with Gasteiger partial charge in [0.25, 0.3) is 0 Å². The van der Waals surface area contributed by atoms with Crippen molar-refractivity contribution in [1.82, 2.24) is 9.97 Å². The van der Waals surface area contributed by atoms with Crippen LogP contribution in [0.2, 0.25) is 0 Å². The predicted octanol–water partition coefficient (Wildman–Crippen LogP) is 2.58. The van der Waals surface area contributed by atoms with Gasteiger partial charge in [-0.2, -0.15) is 0 Å². The molecule has 1 amide bonds. The number of hydrogen-bond donors (Lipinski definition) is 3. The fourth-order valence-electron chi connectivity index (χ4n) is 2.93. The molecule has 120 valence electrons. The van der Waals surface area contributed by atoms with Crippen LogP contribution in [0.5, 0.6) is 0 Å². The summed E-state index contributed by atoms with van der Waals surface area (Å²) in [4.78, 5) is 19.1. The van der Waals surface area contributed by atoms with E-state index < -0.39 is 5.91 Å². The van der Waals surface area contributed by atoms with Crippen LogP contribution in [0.25, 0.3) is 33.5 Å². The Bertz CT molecular complexity index is 1040. The number of nitrogens with one attached hydrogen (secondary N) is 1. The maximum atomic E-state index is 11.2. The summed E-state index contributed by atoms with van der Waals surface area (Å²) in [5, 5.41) is 1.04. The van der Waals surface area contributed by atoms with E-state index in [1.54, 1.807) is 24.3 Å². The van der Waals surface area contributed by atoms with Crippen molar-refractivity contribution in [2.24, 2.45) is 11.5 Å². The minimum absolute atomic E-state index is 0.452. The van der Waals surface area contributed by atoms with E-state index in [2.05, 4.69) is 9.97 Å². The first kappa shape index (κ1) is 14.5. The van der Waals surface area contributed by atoms with Crippen molar-refractivity contribution in [1.29, 1.82) is 0 Å². The summed E-state index contributed by atoms with van der Waals surface area (Å²) in [7, 11) is 0. The number of nitrogens with two attached hydrogens (primary N) is 2. The van der Waals surface area contributed by atoms with Crippen molar-refractivity contribution in [3.8, 4) is 11.5 Å². The highest BCUT2D eigenvalue weighted by Gasteiger charge is 2.14. The van der Waals surface area contributed by atoms with Crippen LogP contribution < -0.4 is 11.5 Å². The number of amides is 1. The number of H-pyrrole nitrogens is 1. The highest BCUT2D eigenvalue weighted by atomic mass is 16.3. The third kappa shape index (κ3) is 2.24. The largest absolute Gasteiger partial charge is 0.436 e. The fourth-order valence-corrected chi connectivity index (χ4v) is 2.93. The average Bonchev–Trinajstić information content (AvgIpc) is 3.19. The predicted molar refractivity (Wildman–Crippen MR) is 92.6 cm³/mol. The van der Waals surface area contributed by atoms with E-state index in [4.69, 9.17) is 15.9 Å². The number of aromatic nitrogens is 2. The molecule has 0 unspecified atom stereocenters. The third-order valence-corrected chi connectivity index (χ3v) is 4.11. The van der Waals surface area contributed by atoms with Gasteiger partial charge in [-0.15, -0.1) is 0 Å². The second-order valence-corrected chi connectivity index (χ2v) is 5.65. The smallest absolute Gasteiger partial charge is 0.248 e. The van der Waals surface area contributed by atoms with Crippen LogP contribution in [0.4, 0.5) is 0 Å². The Kier molecular flexibility index (Phi) is 3.32. The molecule has 6 heteroatoms. The molecule has 0 aliphatic carbocycles. The van der Waals surface area contributed by atoms with Crippen molar-refractivity contribution in [2.45, 2.75) is 6.42 Å². The molecule has 0 aliphatic heterocycles. The van der Waals surface area contributed by atoms with Gasteiger partial charge in [0.2, 0.25) is 11.8 Å². The Hall–Kier alpha value is -3.12. The summed E-state index contributed by atoms with van der Waals surface area (Å²) < 4.78 is 5.89. The van der Waals surface area contributed by atoms with Crippen molar-refractivity contribution < 1.29 is 9.21 Å². The molecule has 0 atom stereocenters. The van der Waals surface area contributed by atoms with E-state index in [-0.39, 0.29) is 0 Å². The van der Waals surface area contributed by atoms with Crippen LogP contribution in [0.15, 0.2) is 47.0 Å². The van der Waals surface area contributed by atoms with Crippen LogP contribution in [0, 0.1) is 0 Å². The molecule has 4 rings (SSSR count). The third-order valence-electron chi connectivity index (χ3n) is 4.11. The first-order chi connectivity index (χ1) is 11.7. The normalized spacial score (nSPS) is 11.4. The van der Waals surface area contributed by atoms with Gasteiger partial charge in [0.15, 0.2) is 5.58 Å². The highest BCUT2D eigenvalue weighted by Crippen LogP contribution is 2.31. The lowest BCUT2D eigenvalue weighted by Crippen LogP contribution is -2.10. The molecule has 0 saturated heterocycles. The lowest BCUT2D eigenvalue weighted by Gasteiger charge is -1.97. The molecule has 2 aromatic carbocycles. The molecule has 0 fully saturated rings. The second-order valence-electron chi connectivity index (χ2n) is 5.65.